The lowest BCUT2D eigenvalue weighted by Gasteiger charge is -2.21. The molecule has 0 saturated carbocycles. The van der Waals surface area contributed by atoms with Crippen LogP contribution in [0.4, 0.5) is 0 Å². The third-order valence-corrected chi connectivity index (χ3v) is 11.6. The highest BCUT2D eigenvalue weighted by Crippen LogP contribution is 2.16. The number of rotatable bonds is 43. The highest BCUT2D eigenvalue weighted by atomic mass is 32.2. The van der Waals surface area contributed by atoms with Crippen molar-refractivity contribution >= 4 is 16.0 Å². The molecule has 0 radical (unpaired) electrons. The van der Waals surface area contributed by atoms with Gasteiger partial charge in [0.2, 0.25) is 5.91 Å². The van der Waals surface area contributed by atoms with Crippen molar-refractivity contribution in [1.82, 2.24) is 5.32 Å². The lowest BCUT2D eigenvalue weighted by Crippen LogP contribution is -2.46. The summed E-state index contributed by atoms with van der Waals surface area (Å²) >= 11 is 0. The quantitative estimate of drug-likeness (QED) is 0.0324. The van der Waals surface area contributed by atoms with Gasteiger partial charge in [-0.15, -0.1) is 0 Å². The van der Waals surface area contributed by atoms with E-state index in [4.69, 9.17) is 0 Å². The van der Waals surface area contributed by atoms with Gasteiger partial charge in [-0.25, -0.2) is 0 Å². The van der Waals surface area contributed by atoms with Crippen molar-refractivity contribution in [2.45, 2.75) is 257 Å². The number of carbonyl (C=O) groups is 1. The Kier molecular flexibility index (Phi) is 41.1. The second-order valence-electron chi connectivity index (χ2n) is 16.4. The fraction of sp³-hybridized carbons (Fsp3) is 0.854. The zero-order valence-electron chi connectivity index (χ0n) is 36.3. The van der Waals surface area contributed by atoms with Crippen LogP contribution in [0.3, 0.4) is 0 Å². The van der Waals surface area contributed by atoms with Crippen molar-refractivity contribution in [1.29, 1.82) is 0 Å². The van der Waals surface area contributed by atoms with Gasteiger partial charge in [-0.3, -0.25) is 9.35 Å². The Balaban J connectivity index is 3.88. The number of aliphatic hydroxyl groups is 1. The van der Waals surface area contributed by atoms with E-state index in [2.05, 4.69) is 43.5 Å². The molecule has 0 rings (SSSR count). The molecule has 0 heterocycles. The van der Waals surface area contributed by atoms with Crippen LogP contribution in [0, 0.1) is 0 Å². The molecule has 0 aromatic rings. The summed E-state index contributed by atoms with van der Waals surface area (Å²) in [6.45, 7) is 4.54. The van der Waals surface area contributed by atoms with Crippen molar-refractivity contribution in [3.63, 3.8) is 0 Å². The summed E-state index contributed by atoms with van der Waals surface area (Å²) in [5, 5.41) is 13.3. The number of carbonyl (C=O) groups excluding carboxylic acids is 1. The van der Waals surface area contributed by atoms with Gasteiger partial charge in [0.05, 0.1) is 17.9 Å². The molecule has 2 unspecified atom stereocenters. The van der Waals surface area contributed by atoms with Crippen LogP contribution in [0.1, 0.15) is 245 Å². The molecule has 324 valence electrons. The molecule has 0 fully saturated rings. The first-order valence-electron chi connectivity index (χ1n) is 23.7. The maximum absolute atomic E-state index is 12.6. The Morgan fingerprint density at radius 1 is 0.473 bits per heavy atom. The third kappa shape index (κ3) is 43.5. The van der Waals surface area contributed by atoms with Gasteiger partial charge >= 0.3 is 0 Å². The van der Waals surface area contributed by atoms with Crippen LogP contribution in [0.15, 0.2) is 36.5 Å². The molecule has 6 nitrogen and oxygen atoms in total. The second kappa shape index (κ2) is 42.2. The largest absolute Gasteiger partial charge is 0.387 e. The Morgan fingerprint density at radius 3 is 1.15 bits per heavy atom. The van der Waals surface area contributed by atoms with Gasteiger partial charge in [0.15, 0.2) is 0 Å². The smallest absolute Gasteiger partial charge is 0.267 e. The Hall–Kier alpha value is -1.44. The molecule has 2 atom stereocenters. The average Bonchev–Trinajstić information content (AvgIpc) is 3.15. The van der Waals surface area contributed by atoms with Gasteiger partial charge in [0.25, 0.3) is 10.1 Å². The van der Waals surface area contributed by atoms with Gasteiger partial charge in [0.1, 0.15) is 0 Å². The van der Waals surface area contributed by atoms with Crippen LogP contribution in [-0.2, 0) is 14.9 Å². The summed E-state index contributed by atoms with van der Waals surface area (Å²) in [7, 11) is -4.36. The average molecular weight is 794 g/mol. The number of hydrogen-bond donors (Lipinski definition) is 3. The molecule has 0 bridgehead atoms. The van der Waals surface area contributed by atoms with E-state index in [1.54, 1.807) is 0 Å². The normalized spacial score (nSPS) is 13.5. The molecule has 0 aromatic heterocycles. The molecular weight excluding hydrogens is 703 g/mol. The molecule has 1 amide bonds. The number of allylic oxidation sites excluding steroid dienone is 5. The number of hydrogen-bond acceptors (Lipinski definition) is 4. The fourth-order valence-electron chi connectivity index (χ4n) is 7.25. The van der Waals surface area contributed by atoms with Gasteiger partial charge < -0.3 is 10.4 Å². The lowest BCUT2D eigenvalue weighted by molar-refractivity contribution is -0.122. The minimum Gasteiger partial charge on any atom is -0.387 e. The fourth-order valence-corrected chi connectivity index (χ4v) is 7.98. The van der Waals surface area contributed by atoms with E-state index in [0.717, 1.165) is 38.5 Å². The van der Waals surface area contributed by atoms with Crippen LogP contribution in [0.5, 0.6) is 0 Å². The zero-order valence-corrected chi connectivity index (χ0v) is 37.1. The first-order valence-corrected chi connectivity index (χ1v) is 25.3. The van der Waals surface area contributed by atoms with Crippen LogP contribution in [-0.4, -0.2) is 41.9 Å². The SMILES string of the molecule is CCCCCCCCCCC/C=C/CC/C=C/CC/C=C/C(O)C(CS(=O)(=O)O)NC(=O)CCCCCCCCCCCCCCCCCCCCCCC. The summed E-state index contributed by atoms with van der Waals surface area (Å²) in [6, 6.07) is -1.08. The highest BCUT2D eigenvalue weighted by molar-refractivity contribution is 7.85. The van der Waals surface area contributed by atoms with Crippen molar-refractivity contribution in [3.05, 3.63) is 36.5 Å². The summed E-state index contributed by atoms with van der Waals surface area (Å²) in [5.74, 6) is -1.00. The van der Waals surface area contributed by atoms with Crippen LogP contribution in [0.25, 0.3) is 0 Å². The predicted molar refractivity (Wildman–Crippen MR) is 239 cm³/mol. The minimum absolute atomic E-state index is 0.288. The molecule has 3 N–H and O–H groups in total. The molecule has 0 spiro atoms. The molecular formula is C48H91NO5S. The second-order valence-corrected chi connectivity index (χ2v) is 17.9. The van der Waals surface area contributed by atoms with Crippen molar-refractivity contribution in [3.8, 4) is 0 Å². The van der Waals surface area contributed by atoms with Crippen LogP contribution >= 0.6 is 0 Å². The molecule has 0 aliphatic heterocycles. The molecule has 0 aliphatic rings. The van der Waals surface area contributed by atoms with E-state index < -0.39 is 28.0 Å². The van der Waals surface area contributed by atoms with Gasteiger partial charge in [0, 0.05) is 6.42 Å². The van der Waals surface area contributed by atoms with E-state index in [-0.39, 0.29) is 12.3 Å². The summed E-state index contributed by atoms with van der Waals surface area (Å²) in [6.07, 6.45) is 55.7. The number of amides is 1. The first-order chi connectivity index (χ1) is 26.8. The van der Waals surface area contributed by atoms with E-state index in [0.29, 0.717) is 6.42 Å². The number of aliphatic hydroxyl groups excluding tert-OH is 1. The maximum Gasteiger partial charge on any atom is 0.267 e. The van der Waals surface area contributed by atoms with E-state index >= 15 is 0 Å². The van der Waals surface area contributed by atoms with Crippen molar-refractivity contribution < 1.29 is 22.9 Å². The molecule has 0 aliphatic carbocycles. The Morgan fingerprint density at radius 2 is 0.782 bits per heavy atom. The maximum atomic E-state index is 12.6. The van der Waals surface area contributed by atoms with Crippen molar-refractivity contribution in [2.75, 3.05) is 5.75 Å². The highest BCUT2D eigenvalue weighted by Gasteiger charge is 2.24. The van der Waals surface area contributed by atoms with E-state index in [9.17, 15) is 22.9 Å². The van der Waals surface area contributed by atoms with E-state index in [1.165, 1.54) is 186 Å². The summed E-state index contributed by atoms with van der Waals surface area (Å²) in [4.78, 5) is 12.6. The number of nitrogens with one attached hydrogen (secondary N) is 1. The molecule has 7 heteroatoms. The van der Waals surface area contributed by atoms with Crippen molar-refractivity contribution in [2.24, 2.45) is 0 Å². The third-order valence-electron chi connectivity index (χ3n) is 10.8. The minimum atomic E-state index is -4.36. The summed E-state index contributed by atoms with van der Waals surface area (Å²) in [5.41, 5.74) is 0. The molecule has 0 aromatic carbocycles. The van der Waals surface area contributed by atoms with Gasteiger partial charge in [-0.1, -0.05) is 230 Å². The monoisotopic (exact) mass is 794 g/mol. The zero-order chi connectivity index (χ0) is 40.3. The Labute approximate surface area is 342 Å². The Bertz CT molecular complexity index is 1010. The summed E-state index contributed by atoms with van der Waals surface area (Å²) < 4.78 is 32.6. The topological polar surface area (TPSA) is 104 Å². The van der Waals surface area contributed by atoms with Gasteiger partial charge in [-0.05, 0) is 44.9 Å². The predicted octanol–water partition coefficient (Wildman–Crippen LogP) is 14.5. The molecule has 55 heavy (non-hydrogen) atoms. The van der Waals surface area contributed by atoms with E-state index in [1.807, 2.05) is 6.08 Å². The first kappa shape index (κ1) is 53.6. The number of unbranched alkanes of at least 4 members (excludes halogenated alkanes) is 31. The van der Waals surface area contributed by atoms with Crippen LogP contribution < -0.4 is 5.32 Å². The van der Waals surface area contributed by atoms with Gasteiger partial charge in [-0.2, -0.15) is 8.42 Å². The standard InChI is InChI=1S/C48H91NO5S/c1-3-5-7-9-11-13-15-17-19-21-23-24-26-28-30-32-34-36-38-40-42-44-48(51)49-46(45-55(52,53)54)47(50)43-41-39-37-35-33-31-29-27-25-22-20-18-16-14-12-10-8-6-4-2/h25,27,33,35,41,43,46-47,50H,3-24,26,28-32,34,36-40,42,44-45H2,1-2H3,(H,49,51)(H,52,53,54)/b27-25+,35-33+,43-41+. The van der Waals surface area contributed by atoms with Crippen LogP contribution in [0.2, 0.25) is 0 Å². The lowest BCUT2D eigenvalue weighted by atomic mass is 10.0. The molecule has 0 saturated heterocycles.